The Morgan fingerprint density at radius 2 is 1.88 bits per heavy atom. The van der Waals surface area contributed by atoms with Crippen LogP contribution in [0.4, 0.5) is 0 Å². The Bertz CT molecular complexity index is 508. The number of aliphatic hydroxyl groups is 1. The maximum Gasteiger partial charge on any atom is 0.129 e. The maximum absolute atomic E-state index is 11.9. The first kappa shape index (κ1) is 16.8. The zero-order valence-electron chi connectivity index (χ0n) is 15.3. The van der Waals surface area contributed by atoms with Crippen molar-refractivity contribution in [3.05, 3.63) is 0 Å². The van der Waals surface area contributed by atoms with Gasteiger partial charge in [0.05, 0.1) is 12.1 Å². The van der Waals surface area contributed by atoms with Gasteiger partial charge in [-0.1, -0.05) is 26.2 Å². The summed E-state index contributed by atoms with van der Waals surface area (Å²) in [4.78, 5) is 4.77. The Kier molecular flexibility index (Phi) is 4.41. The fourth-order valence-corrected chi connectivity index (χ4v) is 6.58. The minimum atomic E-state index is -0.892. The van der Waals surface area contributed by atoms with E-state index in [1.807, 2.05) is 7.11 Å². The summed E-state index contributed by atoms with van der Waals surface area (Å²) in [5, 5.41) is 11.9. The number of aliphatic imine (C=N–C) groups is 1. The molecule has 0 spiro atoms. The van der Waals surface area contributed by atoms with Crippen molar-refractivity contribution in [1.82, 2.24) is 0 Å². The second kappa shape index (κ2) is 6.28. The summed E-state index contributed by atoms with van der Waals surface area (Å²) < 4.78 is 5.78. The van der Waals surface area contributed by atoms with Gasteiger partial charge in [-0.05, 0) is 56.3 Å². The number of ether oxygens (including phenoxy) is 1. The Labute approximate surface area is 146 Å². The maximum atomic E-state index is 11.9. The van der Waals surface area contributed by atoms with Gasteiger partial charge in [-0.3, -0.25) is 4.99 Å². The van der Waals surface area contributed by atoms with Crippen LogP contribution in [-0.2, 0) is 4.74 Å². The van der Waals surface area contributed by atoms with Crippen LogP contribution in [0.15, 0.2) is 4.99 Å². The Morgan fingerprint density at radius 3 is 2.67 bits per heavy atom. The molecule has 0 bridgehead atoms. The topological polar surface area (TPSA) is 67.8 Å². The van der Waals surface area contributed by atoms with Gasteiger partial charge in [-0.15, -0.1) is 0 Å². The molecule has 3 fully saturated rings. The van der Waals surface area contributed by atoms with E-state index >= 15 is 0 Å². The lowest BCUT2D eigenvalue weighted by molar-refractivity contribution is -0.110. The fraction of sp³-hybridized carbons (Fsp3) is 0.950. The molecule has 0 saturated heterocycles. The monoisotopic (exact) mass is 334 g/mol. The molecule has 24 heavy (non-hydrogen) atoms. The molecule has 0 aromatic heterocycles. The van der Waals surface area contributed by atoms with E-state index < -0.39 is 5.60 Å². The van der Waals surface area contributed by atoms with E-state index in [1.165, 1.54) is 32.1 Å². The van der Waals surface area contributed by atoms with Gasteiger partial charge < -0.3 is 15.6 Å². The van der Waals surface area contributed by atoms with Gasteiger partial charge in [-0.25, -0.2) is 0 Å². The van der Waals surface area contributed by atoms with Crippen molar-refractivity contribution < 1.29 is 9.84 Å². The molecule has 4 nitrogen and oxygen atoms in total. The number of fused-ring (bicyclic) bond motifs is 2. The van der Waals surface area contributed by atoms with Crippen LogP contribution in [0.25, 0.3) is 0 Å². The molecular weight excluding hydrogens is 300 g/mol. The predicted molar refractivity (Wildman–Crippen MR) is 95.8 cm³/mol. The summed E-state index contributed by atoms with van der Waals surface area (Å²) >= 11 is 0. The van der Waals surface area contributed by atoms with E-state index in [1.54, 1.807) is 0 Å². The number of nitrogens with two attached hydrogens (primary N) is 1. The van der Waals surface area contributed by atoms with Crippen molar-refractivity contribution in [3.63, 3.8) is 0 Å². The highest BCUT2D eigenvalue weighted by molar-refractivity contribution is 5.91. The average molecular weight is 335 g/mol. The quantitative estimate of drug-likeness (QED) is 0.815. The van der Waals surface area contributed by atoms with Crippen molar-refractivity contribution in [3.8, 4) is 0 Å². The molecule has 4 rings (SSSR count). The van der Waals surface area contributed by atoms with Gasteiger partial charge >= 0.3 is 0 Å². The molecule has 0 radical (unpaired) electrons. The van der Waals surface area contributed by atoms with E-state index in [2.05, 4.69) is 6.92 Å². The van der Waals surface area contributed by atoms with Crippen LogP contribution in [0, 0.1) is 29.6 Å². The fourth-order valence-electron chi connectivity index (χ4n) is 6.58. The number of amidine groups is 1. The van der Waals surface area contributed by atoms with Crippen molar-refractivity contribution in [1.29, 1.82) is 0 Å². The summed E-state index contributed by atoms with van der Waals surface area (Å²) in [5.41, 5.74) is 5.53. The molecule has 4 heteroatoms. The first-order chi connectivity index (χ1) is 11.5. The molecule has 3 N–H and O–H groups in total. The highest BCUT2D eigenvalue weighted by atomic mass is 16.5. The summed E-state index contributed by atoms with van der Waals surface area (Å²) in [6.07, 6.45) is 10.9. The minimum absolute atomic E-state index is 0.226. The Morgan fingerprint density at radius 1 is 1.08 bits per heavy atom. The molecule has 4 aliphatic rings. The molecule has 0 aromatic carbocycles. The van der Waals surface area contributed by atoms with Gasteiger partial charge in [0.25, 0.3) is 0 Å². The van der Waals surface area contributed by atoms with Crippen LogP contribution in [0.3, 0.4) is 0 Å². The molecular formula is C20H34N2O2. The summed E-state index contributed by atoms with van der Waals surface area (Å²) in [7, 11) is 1.83. The zero-order valence-corrected chi connectivity index (χ0v) is 15.3. The van der Waals surface area contributed by atoms with Crippen molar-refractivity contribution >= 4 is 5.84 Å². The van der Waals surface area contributed by atoms with E-state index in [-0.39, 0.29) is 24.0 Å². The lowest BCUT2D eigenvalue weighted by Gasteiger charge is -2.52. The van der Waals surface area contributed by atoms with E-state index in [0.717, 1.165) is 25.7 Å². The molecule has 136 valence electrons. The molecule has 3 saturated carbocycles. The molecule has 8 unspecified atom stereocenters. The van der Waals surface area contributed by atoms with Crippen LogP contribution < -0.4 is 5.73 Å². The van der Waals surface area contributed by atoms with E-state index in [9.17, 15) is 5.11 Å². The average Bonchev–Trinajstić information content (AvgIpc) is 2.85. The highest BCUT2D eigenvalue weighted by Crippen LogP contribution is 2.54. The minimum Gasteiger partial charge on any atom is -0.385 e. The third-order valence-electron chi connectivity index (χ3n) is 7.82. The third kappa shape index (κ3) is 2.52. The SMILES string of the molecule is COC1CC2CCCCC2C(C2(O)C(N)=NC3CCC(C)CC32)C1. The lowest BCUT2D eigenvalue weighted by atomic mass is 9.56. The number of nitrogens with zero attached hydrogens (tertiary/aromatic N) is 1. The molecule has 0 amide bonds. The second-order valence-corrected chi connectivity index (χ2v) is 9.08. The summed E-state index contributed by atoms with van der Waals surface area (Å²) in [6, 6.07) is 0.246. The van der Waals surface area contributed by atoms with Crippen molar-refractivity contribution in [2.24, 2.45) is 40.3 Å². The number of hydrogen-bond donors (Lipinski definition) is 2. The van der Waals surface area contributed by atoms with Crippen LogP contribution in [0.2, 0.25) is 0 Å². The molecule has 3 aliphatic carbocycles. The number of methoxy groups -OCH3 is 1. The molecule has 0 aromatic rings. The van der Waals surface area contributed by atoms with Gasteiger partial charge in [0.1, 0.15) is 11.4 Å². The van der Waals surface area contributed by atoms with Gasteiger partial charge in [0, 0.05) is 18.9 Å². The van der Waals surface area contributed by atoms with Gasteiger partial charge in [0.2, 0.25) is 0 Å². The summed E-state index contributed by atoms with van der Waals surface area (Å²) in [5.74, 6) is 2.95. The van der Waals surface area contributed by atoms with Crippen LogP contribution in [0.1, 0.15) is 64.7 Å². The summed E-state index contributed by atoms with van der Waals surface area (Å²) in [6.45, 7) is 2.31. The molecule has 1 heterocycles. The Balaban J connectivity index is 1.67. The van der Waals surface area contributed by atoms with Crippen LogP contribution >= 0.6 is 0 Å². The number of hydrogen-bond acceptors (Lipinski definition) is 4. The lowest BCUT2D eigenvalue weighted by Crippen LogP contribution is -2.60. The normalized spacial score (nSPS) is 51.6. The largest absolute Gasteiger partial charge is 0.385 e. The first-order valence-electron chi connectivity index (χ1n) is 10.1. The van der Waals surface area contributed by atoms with Crippen molar-refractivity contribution in [2.75, 3.05) is 7.11 Å². The molecule has 1 aliphatic heterocycles. The number of rotatable bonds is 2. The zero-order chi connectivity index (χ0) is 16.9. The first-order valence-corrected chi connectivity index (χ1v) is 10.1. The predicted octanol–water partition coefficient (Wildman–Crippen LogP) is 3.12. The third-order valence-corrected chi connectivity index (χ3v) is 7.82. The Hall–Kier alpha value is -0.610. The smallest absolute Gasteiger partial charge is 0.129 e. The van der Waals surface area contributed by atoms with E-state index in [0.29, 0.717) is 23.6 Å². The standard InChI is InChI=1S/C20H34N2O2/c1-12-7-8-18-17(9-12)20(23,19(21)22-18)16-11-14(24-2)10-13-5-3-4-6-15(13)16/h12-18,23H,3-11H2,1-2H3,(H2,21,22). The highest BCUT2D eigenvalue weighted by Gasteiger charge is 2.59. The second-order valence-electron chi connectivity index (χ2n) is 9.08. The van der Waals surface area contributed by atoms with Crippen LogP contribution in [-0.4, -0.2) is 35.8 Å². The molecule has 8 atom stereocenters. The van der Waals surface area contributed by atoms with Gasteiger partial charge in [0.15, 0.2) is 0 Å². The van der Waals surface area contributed by atoms with Gasteiger partial charge in [-0.2, -0.15) is 0 Å². The van der Waals surface area contributed by atoms with Crippen LogP contribution in [0.5, 0.6) is 0 Å². The van der Waals surface area contributed by atoms with E-state index in [4.69, 9.17) is 15.5 Å². The van der Waals surface area contributed by atoms with Crippen molar-refractivity contribution in [2.45, 2.75) is 82.5 Å².